The minimum atomic E-state index is -0.160. The van der Waals surface area contributed by atoms with E-state index in [1.807, 2.05) is 50.2 Å². The number of hydrogen-bond acceptors (Lipinski definition) is 4. The summed E-state index contributed by atoms with van der Waals surface area (Å²) in [5.41, 5.74) is 5.07. The molecule has 22 heavy (non-hydrogen) atoms. The number of benzene rings is 1. The fourth-order valence-electron chi connectivity index (χ4n) is 1.88. The van der Waals surface area contributed by atoms with Crippen LogP contribution in [0, 0.1) is 0 Å². The van der Waals surface area contributed by atoms with Crippen LogP contribution in [-0.4, -0.2) is 23.2 Å². The fraction of sp³-hybridized carbons (Fsp3) is 0.235. The zero-order valence-corrected chi connectivity index (χ0v) is 12.7. The Morgan fingerprint density at radius 1 is 1.27 bits per heavy atom. The molecule has 1 aromatic carbocycles. The standard InChI is InChI=1S/C17H19N3O2/c1-3-22-16-8-6-14(7-9-16)11-17(21)20-19-13(2)15-5-4-10-18-12-15/h4-10,12H,3,11H2,1-2H3,(H,20,21). The van der Waals surface area contributed by atoms with Gasteiger partial charge in [-0.05, 0) is 37.6 Å². The molecular formula is C17H19N3O2. The second kappa shape index (κ2) is 7.93. The van der Waals surface area contributed by atoms with Gasteiger partial charge in [-0.3, -0.25) is 9.78 Å². The zero-order chi connectivity index (χ0) is 15.8. The average molecular weight is 297 g/mol. The van der Waals surface area contributed by atoms with E-state index in [2.05, 4.69) is 15.5 Å². The Labute approximate surface area is 130 Å². The highest BCUT2D eigenvalue weighted by Gasteiger charge is 2.04. The van der Waals surface area contributed by atoms with Crippen molar-refractivity contribution in [2.45, 2.75) is 20.3 Å². The van der Waals surface area contributed by atoms with Crippen molar-refractivity contribution in [3.05, 3.63) is 59.9 Å². The lowest BCUT2D eigenvalue weighted by molar-refractivity contribution is -0.120. The van der Waals surface area contributed by atoms with E-state index >= 15 is 0 Å². The first kappa shape index (κ1) is 15.7. The van der Waals surface area contributed by atoms with Crippen molar-refractivity contribution < 1.29 is 9.53 Å². The summed E-state index contributed by atoms with van der Waals surface area (Å²) >= 11 is 0. The van der Waals surface area contributed by atoms with Crippen LogP contribution in [0.4, 0.5) is 0 Å². The Morgan fingerprint density at radius 2 is 2.05 bits per heavy atom. The minimum Gasteiger partial charge on any atom is -0.494 e. The molecule has 0 spiro atoms. The van der Waals surface area contributed by atoms with Crippen LogP contribution < -0.4 is 10.2 Å². The summed E-state index contributed by atoms with van der Waals surface area (Å²) in [5, 5.41) is 4.09. The fourth-order valence-corrected chi connectivity index (χ4v) is 1.88. The van der Waals surface area contributed by atoms with Crippen molar-refractivity contribution in [1.29, 1.82) is 0 Å². The molecule has 0 aliphatic rings. The van der Waals surface area contributed by atoms with Gasteiger partial charge in [0.05, 0.1) is 18.7 Å². The third kappa shape index (κ3) is 4.70. The molecule has 0 radical (unpaired) electrons. The van der Waals surface area contributed by atoms with Crippen molar-refractivity contribution in [3.8, 4) is 5.75 Å². The third-order valence-electron chi connectivity index (χ3n) is 3.03. The van der Waals surface area contributed by atoms with Crippen LogP contribution in [0.3, 0.4) is 0 Å². The number of rotatable bonds is 6. The van der Waals surface area contributed by atoms with E-state index in [0.29, 0.717) is 12.3 Å². The van der Waals surface area contributed by atoms with Gasteiger partial charge in [0.25, 0.3) is 0 Å². The van der Waals surface area contributed by atoms with Crippen molar-refractivity contribution in [1.82, 2.24) is 10.4 Å². The van der Waals surface area contributed by atoms with Crippen LogP contribution in [0.15, 0.2) is 53.9 Å². The molecule has 5 nitrogen and oxygen atoms in total. The summed E-state index contributed by atoms with van der Waals surface area (Å²) in [6.45, 7) is 4.39. The average Bonchev–Trinajstić information content (AvgIpc) is 2.55. The predicted octanol–water partition coefficient (Wildman–Crippen LogP) is 2.56. The molecular weight excluding hydrogens is 278 g/mol. The molecule has 1 amide bonds. The summed E-state index contributed by atoms with van der Waals surface area (Å²) in [4.78, 5) is 15.9. The number of nitrogens with zero attached hydrogens (tertiary/aromatic N) is 2. The molecule has 2 rings (SSSR count). The largest absolute Gasteiger partial charge is 0.494 e. The Bertz CT molecular complexity index is 637. The van der Waals surface area contributed by atoms with Gasteiger partial charge in [0.15, 0.2) is 0 Å². The van der Waals surface area contributed by atoms with Crippen LogP contribution in [0.1, 0.15) is 25.0 Å². The quantitative estimate of drug-likeness (QED) is 0.658. The monoisotopic (exact) mass is 297 g/mol. The highest BCUT2D eigenvalue weighted by molar-refractivity contribution is 5.98. The van der Waals surface area contributed by atoms with Gasteiger partial charge in [0.2, 0.25) is 5.91 Å². The van der Waals surface area contributed by atoms with Crippen LogP contribution in [0.5, 0.6) is 5.75 Å². The van der Waals surface area contributed by atoms with Crippen LogP contribution in [0.2, 0.25) is 0 Å². The summed E-state index contributed by atoms with van der Waals surface area (Å²) in [6.07, 6.45) is 3.68. The van der Waals surface area contributed by atoms with Crippen LogP contribution in [0.25, 0.3) is 0 Å². The first-order valence-electron chi connectivity index (χ1n) is 7.14. The van der Waals surface area contributed by atoms with Gasteiger partial charge in [0.1, 0.15) is 5.75 Å². The predicted molar refractivity (Wildman–Crippen MR) is 85.9 cm³/mol. The summed E-state index contributed by atoms with van der Waals surface area (Å²) in [6, 6.07) is 11.2. The molecule has 1 N–H and O–H groups in total. The first-order chi connectivity index (χ1) is 10.7. The lowest BCUT2D eigenvalue weighted by atomic mass is 10.1. The molecule has 114 valence electrons. The van der Waals surface area contributed by atoms with Crippen molar-refractivity contribution in [2.24, 2.45) is 5.10 Å². The van der Waals surface area contributed by atoms with Gasteiger partial charge < -0.3 is 4.74 Å². The molecule has 2 aromatic rings. The molecule has 5 heteroatoms. The Hall–Kier alpha value is -2.69. The van der Waals surface area contributed by atoms with Crippen LogP contribution in [-0.2, 0) is 11.2 Å². The Kier molecular flexibility index (Phi) is 5.65. The second-order valence-corrected chi connectivity index (χ2v) is 4.73. The maximum Gasteiger partial charge on any atom is 0.244 e. The second-order valence-electron chi connectivity index (χ2n) is 4.73. The van der Waals surface area contributed by atoms with E-state index in [4.69, 9.17) is 4.74 Å². The maximum absolute atomic E-state index is 11.9. The number of ether oxygens (including phenoxy) is 1. The molecule has 0 atom stereocenters. The third-order valence-corrected chi connectivity index (χ3v) is 3.03. The molecule has 0 fully saturated rings. The van der Waals surface area contributed by atoms with E-state index in [0.717, 1.165) is 16.9 Å². The normalized spacial score (nSPS) is 11.1. The number of hydrazone groups is 1. The summed E-state index contributed by atoms with van der Waals surface area (Å²) in [5.74, 6) is 0.643. The Morgan fingerprint density at radius 3 is 2.68 bits per heavy atom. The van der Waals surface area contributed by atoms with Gasteiger partial charge in [-0.1, -0.05) is 18.2 Å². The Balaban J connectivity index is 1.90. The van der Waals surface area contributed by atoms with Gasteiger partial charge in [-0.2, -0.15) is 5.10 Å². The molecule has 0 aliphatic heterocycles. The lowest BCUT2D eigenvalue weighted by Crippen LogP contribution is -2.21. The molecule has 1 aromatic heterocycles. The van der Waals surface area contributed by atoms with Crippen molar-refractivity contribution in [3.63, 3.8) is 0 Å². The highest BCUT2D eigenvalue weighted by atomic mass is 16.5. The van der Waals surface area contributed by atoms with E-state index in [1.54, 1.807) is 12.4 Å². The molecule has 0 saturated carbocycles. The number of hydrogen-bond donors (Lipinski definition) is 1. The van der Waals surface area contributed by atoms with E-state index < -0.39 is 0 Å². The van der Waals surface area contributed by atoms with E-state index in [9.17, 15) is 4.79 Å². The summed E-state index contributed by atoms with van der Waals surface area (Å²) < 4.78 is 5.37. The number of amides is 1. The topological polar surface area (TPSA) is 63.6 Å². The molecule has 0 bridgehead atoms. The number of carbonyl (C=O) groups is 1. The van der Waals surface area contributed by atoms with Crippen LogP contribution >= 0.6 is 0 Å². The number of pyridine rings is 1. The molecule has 0 saturated heterocycles. The number of nitrogens with one attached hydrogen (secondary N) is 1. The smallest absolute Gasteiger partial charge is 0.244 e. The number of aromatic nitrogens is 1. The zero-order valence-electron chi connectivity index (χ0n) is 12.7. The molecule has 0 aliphatic carbocycles. The van der Waals surface area contributed by atoms with E-state index in [-0.39, 0.29) is 12.3 Å². The first-order valence-corrected chi connectivity index (χ1v) is 7.14. The molecule has 0 unspecified atom stereocenters. The SMILES string of the molecule is CCOc1ccc(CC(=O)NN=C(C)c2cccnc2)cc1. The lowest BCUT2D eigenvalue weighted by Gasteiger charge is -2.05. The summed E-state index contributed by atoms with van der Waals surface area (Å²) in [7, 11) is 0. The van der Waals surface area contributed by atoms with Crippen molar-refractivity contribution >= 4 is 11.6 Å². The maximum atomic E-state index is 11.9. The number of carbonyl (C=O) groups excluding carboxylic acids is 1. The highest BCUT2D eigenvalue weighted by Crippen LogP contribution is 2.12. The van der Waals surface area contributed by atoms with Gasteiger partial charge in [-0.25, -0.2) is 5.43 Å². The van der Waals surface area contributed by atoms with Gasteiger partial charge in [0, 0.05) is 18.0 Å². The van der Waals surface area contributed by atoms with E-state index in [1.165, 1.54) is 0 Å². The van der Waals surface area contributed by atoms with Gasteiger partial charge in [-0.15, -0.1) is 0 Å². The van der Waals surface area contributed by atoms with Gasteiger partial charge >= 0.3 is 0 Å². The van der Waals surface area contributed by atoms with Crippen molar-refractivity contribution in [2.75, 3.05) is 6.61 Å². The molecule has 1 heterocycles. The minimum absolute atomic E-state index is 0.160.